The van der Waals surface area contributed by atoms with Crippen LogP contribution in [0.2, 0.25) is 0 Å². The molecule has 0 spiro atoms. The quantitative estimate of drug-likeness (QED) is 0.758. The van der Waals surface area contributed by atoms with Crippen LogP contribution < -0.4 is 5.32 Å². The lowest BCUT2D eigenvalue weighted by atomic mass is 9.92. The minimum atomic E-state index is -0.0608. The number of ketones is 1. The maximum Gasteiger partial charge on any atom is 0.137 e. The van der Waals surface area contributed by atoms with E-state index in [1.54, 1.807) is 6.92 Å². The number of rotatable bonds is 7. The molecule has 0 fully saturated rings. The molecule has 0 amide bonds. The molecule has 0 unspecified atom stereocenters. The normalized spacial score (nSPS) is 12.4. The molecular formula is C13H18BrNO2. The van der Waals surface area contributed by atoms with Crippen molar-refractivity contribution in [2.24, 2.45) is 0 Å². The van der Waals surface area contributed by atoms with Gasteiger partial charge in [-0.15, -0.1) is 0 Å². The van der Waals surface area contributed by atoms with Crippen molar-refractivity contribution < 1.29 is 9.90 Å². The average molecular weight is 300 g/mol. The number of Topliss-reactive ketones (excluding diaryl/α,β-unsaturated/α-hetero) is 1. The van der Waals surface area contributed by atoms with Crippen molar-refractivity contribution in [1.82, 2.24) is 5.32 Å². The van der Waals surface area contributed by atoms with Gasteiger partial charge in [0.2, 0.25) is 0 Å². The number of halogens is 1. The molecule has 17 heavy (non-hydrogen) atoms. The minimum Gasteiger partial charge on any atom is -0.395 e. The largest absolute Gasteiger partial charge is 0.395 e. The van der Waals surface area contributed by atoms with Crippen molar-refractivity contribution in [3.05, 3.63) is 34.3 Å². The van der Waals surface area contributed by atoms with Crippen molar-refractivity contribution in [3.63, 3.8) is 0 Å². The maximum atomic E-state index is 11.6. The SMILES string of the molecule is CC(=O)[C@H](CCNCCO)c1ccc(Br)cc1. The molecule has 0 radical (unpaired) electrons. The van der Waals surface area contributed by atoms with Gasteiger partial charge in [0.15, 0.2) is 0 Å². The highest BCUT2D eigenvalue weighted by atomic mass is 79.9. The lowest BCUT2D eigenvalue weighted by Gasteiger charge is -2.14. The standard InChI is InChI=1S/C13H18BrNO2/c1-10(17)13(6-7-15-8-9-16)11-2-4-12(14)5-3-11/h2-5,13,15-16H,6-9H2,1H3/t13-/m0/s1. The lowest BCUT2D eigenvalue weighted by Crippen LogP contribution is -2.23. The first-order valence-electron chi connectivity index (χ1n) is 5.72. The second-order valence-corrected chi connectivity index (χ2v) is 4.89. The molecule has 0 heterocycles. The predicted octanol–water partition coefficient (Wildman–Crippen LogP) is 2.09. The third-order valence-electron chi connectivity index (χ3n) is 2.66. The Balaban J connectivity index is 2.59. The van der Waals surface area contributed by atoms with E-state index in [0.29, 0.717) is 6.54 Å². The summed E-state index contributed by atoms with van der Waals surface area (Å²) in [5.74, 6) is 0.118. The Labute approximate surface area is 110 Å². The monoisotopic (exact) mass is 299 g/mol. The topological polar surface area (TPSA) is 49.3 Å². The van der Waals surface area contributed by atoms with Crippen molar-refractivity contribution in [2.45, 2.75) is 19.3 Å². The molecule has 0 aromatic heterocycles. The van der Waals surface area contributed by atoms with E-state index in [2.05, 4.69) is 21.2 Å². The maximum absolute atomic E-state index is 11.6. The van der Waals surface area contributed by atoms with Gasteiger partial charge in [-0.3, -0.25) is 4.79 Å². The first-order chi connectivity index (χ1) is 8.15. The molecule has 0 saturated carbocycles. The van der Waals surface area contributed by atoms with E-state index < -0.39 is 0 Å². The van der Waals surface area contributed by atoms with Crippen LogP contribution in [0, 0.1) is 0 Å². The second kappa shape index (κ2) is 7.58. The van der Waals surface area contributed by atoms with Crippen LogP contribution >= 0.6 is 15.9 Å². The Morgan fingerprint density at radius 1 is 1.35 bits per heavy atom. The van der Waals surface area contributed by atoms with Gasteiger partial charge in [-0.25, -0.2) is 0 Å². The molecular weight excluding hydrogens is 282 g/mol. The van der Waals surface area contributed by atoms with E-state index in [4.69, 9.17) is 5.11 Å². The third kappa shape index (κ3) is 4.98. The van der Waals surface area contributed by atoms with Gasteiger partial charge in [0, 0.05) is 16.9 Å². The van der Waals surface area contributed by atoms with Gasteiger partial charge in [0.05, 0.1) is 6.61 Å². The summed E-state index contributed by atoms with van der Waals surface area (Å²) in [7, 11) is 0. The van der Waals surface area contributed by atoms with Crippen LogP contribution in [0.1, 0.15) is 24.8 Å². The van der Waals surface area contributed by atoms with Gasteiger partial charge in [-0.1, -0.05) is 28.1 Å². The number of benzene rings is 1. The molecule has 4 heteroatoms. The smallest absolute Gasteiger partial charge is 0.137 e. The molecule has 1 aromatic rings. The van der Waals surface area contributed by atoms with Gasteiger partial charge in [-0.05, 0) is 37.6 Å². The van der Waals surface area contributed by atoms with Gasteiger partial charge in [0.25, 0.3) is 0 Å². The number of hydrogen-bond acceptors (Lipinski definition) is 3. The van der Waals surface area contributed by atoms with E-state index in [-0.39, 0.29) is 18.3 Å². The molecule has 0 aliphatic rings. The summed E-state index contributed by atoms with van der Waals surface area (Å²) in [6.45, 7) is 3.06. The number of hydrogen-bond donors (Lipinski definition) is 2. The van der Waals surface area contributed by atoms with Gasteiger partial charge < -0.3 is 10.4 Å². The number of carbonyl (C=O) groups excluding carboxylic acids is 1. The first-order valence-corrected chi connectivity index (χ1v) is 6.52. The molecule has 3 nitrogen and oxygen atoms in total. The number of nitrogens with one attached hydrogen (secondary N) is 1. The third-order valence-corrected chi connectivity index (χ3v) is 3.19. The van der Waals surface area contributed by atoms with Crippen LogP contribution in [0.15, 0.2) is 28.7 Å². The summed E-state index contributed by atoms with van der Waals surface area (Å²) in [6, 6.07) is 7.85. The van der Waals surface area contributed by atoms with Crippen LogP contribution in [0.5, 0.6) is 0 Å². The fourth-order valence-corrected chi connectivity index (χ4v) is 2.01. The van der Waals surface area contributed by atoms with E-state index in [0.717, 1.165) is 23.0 Å². The molecule has 1 atom stereocenters. The highest BCUT2D eigenvalue weighted by Crippen LogP contribution is 2.22. The molecule has 0 aliphatic heterocycles. The lowest BCUT2D eigenvalue weighted by molar-refractivity contribution is -0.118. The zero-order valence-electron chi connectivity index (χ0n) is 9.95. The number of aliphatic hydroxyl groups is 1. The number of carbonyl (C=O) groups is 1. The Morgan fingerprint density at radius 2 is 2.00 bits per heavy atom. The van der Waals surface area contributed by atoms with Crippen LogP contribution in [0.4, 0.5) is 0 Å². The van der Waals surface area contributed by atoms with E-state index in [1.165, 1.54) is 0 Å². The Hall–Kier alpha value is -0.710. The van der Waals surface area contributed by atoms with Crippen LogP contribution in [0.25, 0.3) is 0 Å². The highest BCUT2D eigenvalue weighted by molar-refractivity contribution is 9.10. The number of aliphatic hydroxyl groups excluding tert-OH is 1. The molecule has 0 saturated heterocycles. The minimum absolute atomic E-state index is 0.0608. The van der Waals surface area contributed by atoms with Gasteiger partial charge >= 0.3 is 0 Å². The average Bonchev–Trinajstić information content (AvgIpc) is 2.30. The van der Waals surface area contributed by atoms with Crippen molar-refractivity contribution in [1.29, 1.82) is 0 Å². The Kier molecular flexibility index (Phi) is 6.40. The second-order valence-electron chi connectivity index (χ2n) is 3.98. The summed E-state index contributed by atoms with van der Waals surface area (Å²) in [5, 5.41) is 11.7. The summed E-state index contributed by atoms with van der Waals surface area (Å²) in [6.07, 6.45) is 0.761. The molecule has 94 valence electrons. The Bertz CT molecular complexity index is 351. The molecule has 1 rings (SSSR count). The van der Waals surface area contributed by atoms with Crippen molar-refractivity contribution >= 4 is 21.7 Å². The summed E-state index contributed by atoms with van der Waals surface area (Å²) in [4.78, 5) is 11.6. The molecule has 1 aromatic carbocycles. The fraction of sp³-hybridized carbons (Fsp3) is 0.462. The summed E-state index contributed by atoms with van der Waals surface area (Å²) >= 11 is 3.38. The molecule has 0 bridgehead atoms. The van der Waals surface area contributed by atoms with Crippen molar-refractivity contribution in [3.8, 4) is 0 Å². The van der Waals surface area contributed by atoms with Crippen LogP contribution in [-0.4, -0.2) is 30.6 Å². The Morgan fingerprint density at radius 3 is 2.53 bits per heavy atom. The molecule has 2 N–H and O–H groups in total. The van der Waals surface area contributed by atoms with Crippen LogP contribution in [-0.2, 0) is 4.79 Å². The molecule has 0 aliphatic carbocycles. The van der Waals surface area contributed by atoms with Crippen LogP contribution in [0.3, 0.4) is 0 Å². The van der Waals surface area contributed by atoms with E-state index >= 15 is 0 Å². The predicted molar refractivity (Wildman–Crippen MR) is 72.1 cm³/mol. The van der Waals surface area contributed by atoms with E-state index in [9.17, 15) is 4.79 Å². The zero-order chi connectivity index (χ0) is 12.7. The van der Waals surface area contributed by atoms with Gasteiger partial charge in [0.1, 0.15) is 5.78 Å². The zero-order valence-corrected chi connectivity index (χ0v) is 11.5. The van der Waals surface area contributed by atoms with Gasteiger partial charge in [-0.2, -0.15) is 0 Å². The highest BCUT2D eigenvalue weighted by Gasteiger charge is 2.15. The first kappa shape index (κ1) is 14.4. The van der Waals surface area contributed by atoms with Crippen molar-refractivity contribution in [2.75, 3.05) is 19.7 Å². The summed E-state index contributed by atoms with van der Waals surface area (Å²) < 4.78 is 1.02. The van der Waals surface area contributed by atoms with E-state index in [1.807, 2.05) is 24.3 Å². The summed E-state index contributed by atoms with van der Waals surface area (Å²) in [5.41, 5.74) is 1.05. The fourth-order valence-electron chi connectivity index (χ4n) is 1.75.